The van der Waals surface area contributed by atoms with Crippen molar-refractivity contribution < 1.29 is 4.74 Å². The number of hydrogen-bond acceptors (Lipinski definition) is 2. The van der Waals surface area contributed by atoms with Crippen LogP contribution in [0.25, 0.3) is 0 Å². The number of benzene rings is 1. The Morgan fingerprint density at radius 3 is 3.05 bits per heavy atom. The molecule has 0 spiro atoms. The molecule has 116 valence electrons. The Morgan fingerprint density at radius 1 is 1.33 bits per heavy atom. The molecule has 2 heteroatoms. The number of ether oxygens (including phenoxy) is 1. The monoisotopic (exact) mass is 287 g/mol. The molecule has 1 atom stereocenters. The van der Waals surface area contributed by atoms with Crippen LogP contribution in [0.3, 0.4) is 0 Å². The molecule has 0 radical (unpaired) electrons. The van der Waals surface area contributed by atoms with Crippen LogP contribution in [-0.2, 0) is 6.42 Å². The van der Waals surface area contributed by atoms with Gasteiger partial charge in [0.05, 0.1) is 6.61 Å². The topological polar surface area (TPSA) is 21.3 Å². The minimum Gasteiger partial charge on any atom is -0.493 e. The molecule has 1 heterocycles. The number of rotatable bonds is 10. The average Bonchev–Trinajstić information content (AvgIpc) is 2.97. The number of allylic oxidation sites excluding steroid dienone is 1. The molecular weight excluding hydrogens is 258 g/mol. The number of hydrogen-bond donors (Lipinski definition) is 1. The molecule has 1 aliphatic rings. The Balaban J connectivity index is 1.92. The molecule has 0 aliphatic carbocycles. The summed E-state index contributed by atoms with van der Waals surface area (Å²) in [5.41, 5.74) is 2.80. The second-order valence-corrected chi connectivity index (χ2v) is 5.90. The maximum Gasteiger partial charge on any atom is 0.122 e. The van der Waals surface area contributed by atoms with Gasteiger partial charge in [0, 0.05) is 12.5 Å². The zero-order chi connectivity index (χ0) is 14.9. The van der Waals surface area contributed by atoms with E-state index in [4.69, 9.17) is 4.74 Å². The van der Waals surface area contributed by atoms with Gasteiger partial charge in [-0.25, -0.2) is 0 Å². The molecule has 1 aliphatic heterocycles. The van der Waals surface area contributed by atoms with Crippen LogP contribution < -0.4 is 10.1 Å². The van der Waals surface area contributed by atoms with Crippen molar-refractivity contribution in [3.63, 3.8) is 0 Å². The van der Waals surface area contributed by atoms with Gasteiger partial charge in [-0.2, -0.15) is 0 Å². The molecule has 1 aromatic carbocycles. The van der Waals surface area contributed by atoms with E-state index in [1.807, 2.05) is 6.08 Å². The summed E-state index contributed by atoms with van der Waals surface area (Å²) in [7, 11) is 0. The van der Waals surface area contributed by atoms with E-state index >= 15 is 0 Å². The molecule has 0 saturated carbocycles. The van der Waals surface area contributed by atoms with Crippen molar-refractivity contribution in [3.8, 4) is 5.75 Å². The van der Waals surface area contributed by atoms with Crippen molar-refractivity contribution in [2.75, 3.05) is 13.2 Å². The van der Waals surface area contributed by atoms with Gasteiger partial charge in [0.2, 0.25) is 0 Å². The Hall–Kier alpha value is -1.28. The first-order chi connectivity index (χ1) is 10.3. The molecule has 0 aromatic heterocycles. The van der Waals surface area contributed by atoms with Gasteiger partial charge in [0.15, 0.2) is 0 Å². The molecule has 0 amide bonds. The summed E-state index contributed by atoms with van der Waals surface area (Å²) >= 11 is 0. The molecule has 0 saturated heterocycles. The number of unbranched alkanes of at least 4 members (excludes halogenated alkanes) is 3. The van der Waals surface area contributed by atoms with Gasteiger partial charge in [-0.05, 0) is 49.4 Å². The molecule has 21 heavy (non-hydrogen) atoms. The molecule has 0 bridgehead atoms. The first-order valence-corrected chi connectivity index (χ1v) is 8.45. The number of nitrogens with one attached hydrogen (secondary N) is 1. The summed E-state index contributed by atoms with van der Waals surface area (Å²) < 4.78 is 5.61. The van der Waals surface area contributed by atoms with Crippen LogP contribution in [0.4, 0.5) is 0 Å². The van der Waals surface area contributed by atoms with E-state index in [-0.39, 0.29) is 0 Å². The van der Waals surface area contributed by atoms with Gasteiger partial charge in [-0.15, -0.1) is 6.58 Å². The van der Waals surface area contributed by atoms with Crippen molar-refractivity contribution >= 4 is 0 Å². The summed E-state index contributed by atoms with van der Waals surface area (Å²) in [4.78, 5) is 0. The van der Waals surface area contributed by atoms with E-state index < -0.39 is 0 Å². The predicted octanol–water partition coefficient (Wildman–Crippen LogP) is 4.80. The van der Waals surface area contributed by atoms with E-state index in [2.05, 4.69) is 37.0 Å². The smallest absolute Gasteiger partial charge is 0.122 e. The van der Waals surface area contributed by atoms with Crippen molar-refractivity contribution in [3.05, 3.63) is 42.0 Å². The Labute approximate surface area is 129 Å². The van der Waals surface area contributed by atoms with Crippen LogP contribution in [0.15, 0.2) is 30.9 Å². The highest BCUT2D eigenvalue weighted by molar-refractivity contribution is 5.40. The number of fused-ring (bicyclic) bond motifs is 1. The quantitative estimate of drug-likeness (QED) is 0.493. The van der Waals surface area contributed by atoms with Gasteiger partial charge in [0.1, 0.15) is 5.75 Å². The maximum absolute atomic E-state index is 5.61. The molecule has 2 nitrogen and oxygen atoms in total. The maximum atomic E-state index is 5.61. The van der Waals surface area contributed by atoms with E-state index in [1.54, 1.807) is 0 Å². The van der Waals surface area contributed by atoms with Crippen LogP contribution in [0.1, 0.15) is 62.6 Å². The van der Waals surface area contributed by atoms with Gasteiger partial charge >= 0.3 is 0 Å². The fourth-order valence-corrected chi connectivity index (χ4v) is 2.94. The Morgan fingerprint density at radius 2 is 2.24 bits per heavy atom. The van der Waals surface area contributed by atoms with E-state index in [0.717, 1.165) is 31.7 Å². The fourth-order valence-electron chi connectivity index (χ4n) is 2.94. The van der Waals surface area contributed by atoms with Crippen LogP contribution in [0.2, 0.25) is 0 Å². The lowest BCUT2D eigenvalue weighted by molar-refractivity contribution is 0.356. The minimum absolute atomic E-state index is 0.486. The summed E-state index contributed by atoms with van der Waals surface area (Å²) in [5.74, 6) is 1.08. The predicted molar refractivity (Wildman–Crippen MR) is 90.0 cm³/mol. The largest absolute Gasteiger partial charge is 0.493 e. The lowest BCUT2D eigenvalue weighted by Gasteiger charge is -2.19. The highest BCUT2D eigenvalue weighted by atomic mass is 16.5. The Bertz CT molecular complexity index is 441. The van der Waals surface area contributed by atoms with Crippen molar-refractivity contribution in [1.29, 1.82) is 0 Å². The van der Waals surface area contributed by atoms with Crippen LogP contribution >= 0.6 is 0 Å². The lowest BCUT2D eigenvalue weighted by Crippen LogP contribution is -2.22. The summed E-state index contributed by atoms with van der Waals surface area (Å²) in [6.45, 7) is 7.95. The molecular formula is C19H29NO. The lowest BCUT2D eigenvalue weighted by atomic mass is 9.97. The standard InChI is InChI=1S/C19H29NO/c1-3-5-6-7-8-9-18(20-13-4-2)16-10-11-19-17(15-16)12-14-21-19/h3,10-11,15,18,20H,1,4-9,12-14H2,2H3. The van der Waals surface area contributed by atoms with E-state index in [0.29, 0.717) is 6.04 Å². The second kappa shape index (κ2) is 8.89. The Kier molecular flexibility index (Phi) is 6.81. The van der Waals surface area contributed by atoms with E-state index in [1.165, 1.54) is 43.2 Å². The molecule has 1 aromatic rings. The molecule has 1 N–H and O–H groups in total. The zero-order valence-electron chi connectivity index (χ0n) is 13.4. The van der Waals surface area contributed by atoms with Gasteiger partial charge in [-0.3, -0.25) is 0 Å². The van der Waals surface area contributed by atoms with Crippen molar-refractivity contribution in [2.24, 2.45) is 0 Å². The van der Waals surface area contributed by atoms with Crippen molar-refractivity contribution in [2.45, 2.75) is 57.9 Å². The third-order valence-electron chi connectivity index (χ3n) is 4.16. The molecule has 1 unspecified atom stereocenters. The highest BCUT2D eigenvalue weighted by Crippen LogP contribution is 2.30. The summed E-state index contributed by atoms with van der Waals surface area (Å²) in [6.07, 6.45) is 10.5. The third kappa shape index (κ3) is 4.89. The van der Waals surface area contributed by atoms with Crippen LogP contribution in [-0.4, -0.2) is 13.2 Å². The average molecular weight is 287 g/mol. The SMILES string of the molecule is C=CCCCCCC(NCCC)c1ccc2c(c1)CCO2. The second-order valence-electron chi connectivity index (χ2n) is 5.90. The van der Waals surface area contributed by atoms with Gasteiger partial charge < -0.3 is 10.1 Å². The highest BCUT2D eigenvalue weighted by Gasteiger charge is 2.16. The van der Waals surface area contributed by atoms with Crippen LogP contribution in [0, 0.1) is 0 Å². The van der Waals surface area contributed by atoms with Gasteiger partial charge in [-0.1, -0.05) is 38.0 Å². The van der Waals surface area contributed by atoms with Gasteiger partial charge in [0.25, 0.3) is 0 Å². The summed E-state index contributed by atoms with van der Waals surface area (Å²) in [6, 6.07) is 7.22. The summed E-state index contributed by atoms with van der Waals surface area (Å²) in [5, 5.41) is 3.71. The normalized spacial score (nSPS) is 14.5. The van der Waals surface area contributed by atoms with Crippen molar-refractivity contribution in [1.82, 2.24) is 5.32 Å². The van der Waals surface area contributed by atoms with E-state index in [9.17, 15) is 0 Å². The molecule has 0 fully saturated rings. The zero-order valence-corrected chi connectivity index (χ0v) is 13.4. The van der Waals surface area contributed by atoms with Crippen LogP contribution in [0.5, 0.6) is 5.75 Å². The minimum atomic E-state index is 0.486. The fraction of sp³-hybridized carbons (Fsp3) is 0.579. The molecule has 2 rings (SSSR count). The first kappa shape index (κ1) is 16.1. The third-order valence-corrected chi connectivity index (χ3v) is 4.16. The first-order valence-electron chi connectivity index (χ1n) is 8.45.